The summed E-state index contributed by atoms with van der Waals surface area (Å²) in [6.07, 6.45) is 5.49. The molecule has 182 valence electrons. The molecule has 0 radical (unpaired) electrons. The Labute approximate surface area is 206 Å². The molecular weight excluding hydrogens is 456 g/mol. The molecule has 0 saturated carbocycles. The summed E-state index contributed by atoms with van der Waals surface area (Å²) in [6.45, 7) is 12.7. The first kappa shape index (κ1) is 25.8. The minimum atomic E-state index is -0.184. The first-order valence-corrected chi connectivity index (χ1v) is 13.8. The molecule has 1 aromatic carbocycles. The van der Waals surface area contributed by atoms with E-state index in [2.05, 4.69) is 27.7 Å². The summed E-state index contributed by atoms with van der Waals surface area (Å²) >= 11 is 2.94. The van der Waals surface area contributed by atoms with Crippen LogP contribution in [0.3, 0.4) is 0 Å². The monoisotopic (exact) mass is 492 g/mol. The van der Waals surface area contributed by atoms with Crippen molar-refractivity contribution in [2.45, 2.75) is 82.9 Å². The van der Waals surface area contributed by atoms with Crippen molar-refractivity contribution in [1.29, 1.82) is 0 Å². The Kier molecular flexibility index (Phi) is 9.44. The SMILES string of the molecule is CCCCN1C(=O)C(=C2Sc3c(OCCC)cc(C)c(OCCC)c3S2)C(=O)N1CCCC. The average Bonchev–Trinajstić information content (AvgIpc) is 3.32. The Bertz CT molecular complexity index is 888. The number of hydrogen-bond acceptors (Lipinski definition) is 6. The number of hydrogen-bond donors (Lipinski definition) is 0. The lowest BCUT2D eigenvalue weighted by atomic mass is 10.2. The van der Waals surface area contributed by atoms with Crippen molar-refractivity contribution in [3.05, 3.63) is 21.4 Å². The smallest absolute Gasteiger partial charge is 0.279 e. The zero-order valence-electron chi connectivity index (χ0n) is 20.5. The summed E-state index contributed by atoms with van der Waals surface area (Å²) < 4.78 is 12.9. The van der Waals surface area contributed by atoms with Gasteiger partial charge in [0.1, 0.15) is 17.1 Å². The van der Waals surface area contributed by atoms with Gasteiger partial charge in [0, 0.05) is 13.1 Å². The summed E-state index contributed by atoms with van der Waals surface area (Å²) in [7, 11) is 0. The molecule has 1 saturated heterocycles. The van der Waals surface area contributed by atoms with Crippen LogP contribution in [0.25, 0.3) is 0 Å². The van der Waals surface area contributed by atoms with Crippen molar-refractivity contribution < 1.29 is 19.1 Å². The van der Waals surface area contributed by atoms with E-state index in [1.54, 1.807) is 10.0 Å². The predicted molar refractivity (Wildman–Crippen MR) is 135 cm³/mol. The Balaban J connectivity index is 2.01. The van der Waals surface area contributed by atoms with Gasteiger partial charge < -0.3 is 9.47 Å². The van der Waals surface area contributed by atoms with Gasteiger partial charge in [0.05, 0.1) is 27.2 Å². The molecule has 0 spiro atoms. The van der Waals surface area contributed by atoms with Crippen LogP contribution in [0.5, 0.6) is 11.5 Å². The van der Waals surface area contributed by atoms with Gasteiger partial charge in [0.2, 0.25) is 0 Å². The number of rotatable bonds is 12. The zero-order valence-corrected chi connectivity index (χ0v) is 22.1. The number of amides is 2. The maximum absolute atomic E-state index is 13.4. The summed E-state index contributed by atoms with van der Waals surface area (Å²) in [6, 6.07) is 2.01. The highest BCUT2D eigenvalue weighted by molar-refractivity contribution is 8.25. The molecule has 0 N–H and O–H groups in total. The summed E-state index contributed by atoms with van der Waals surface area (Å²) in [5, 5.41) is 3.31. The lowest BCUT2D eigenvalue weighted by Gasteiger charge is -2.27. The van der Waals surface area contributed by atoms with Crippen LogP contribution in [0.2, 0.25) is 0 Å². The quantitative estimate of drug-likeness (QED) is 0.257. The molecule has 6 nitrogen and oxygen atoms in total. The molecule has 0 atom stereocenters. The van der Waals surface area contributed by atoms with E-state index < -0.39 is 0 Å². The molecule has 3 rings (SSSR count). The van der Waals surface area contributed by atoms with Gasteiger partial charge in [-0.05, 0) is 44.2 Å². The lowest BCUT2D eigenvalue weighted by Crippen LogP contribution is -2.42. The highest BCUT2D eigenvalue weighted by Crippen LogP contribution is 2.60. The Morgan fingerprint density at radius 3 is 1.88 bits per heavy atom. The fourth-order valence-electron chi connectivity index (χ4n) is 3.73. The molecule has 33 heavy (non-hydrogen) atoms. The van der Waals surface area contributed by atoms with Gasteiger partial charge in [0.15, 0.2) is 0 Å². The van der Waals surface area contributed by atoms with E-state index in [0.29, 0.717) is 26.3 Å². The maximum atomic E-state index is 13.4. The topological polar surface area (TPSA) is 59.1 Å². The van der Waals surface area contributed by atoms with Crippen LogP contribution in [-0.4, -0.2) is 48.1 Å². The first-order valence-electron chi connectivity index (χ1n) is 12.1. The number of carbonyl (C=O) groups is 2. The van der Waals surface area contributed by atoms with Crippen LogP contribution < -0.4 is 9.47 Å². The lowest BCUT2D eigenvalue weighted by molar-refractivity contribution is -0.147. The van der Waals surface area contributed by atoms with Gasteiger partial charge in [-0.1, -0.05) is 64.1 Å². The van der Waals surface area contributed by atoms with Gasteiger partial charge >= 0.3 is 0 Å². The van der Waals surface area contributed by atoms with Crippen LogP contribution in [0.15, 0.2) is 25.7 Å². The number of thioether (sulfide) groups is 2. The molecular formula is C25H36N2O4S2. The second-order valence-electron chi connectivity index (χ2n) is 8.31. The number of carbonyl (C=O) groups excluding carboxylic acids is 2. The minimum Gasteiger partial charge on any atom is -0.492 e. The van der Waals surface area contributed by atoms with Gasteiger partial charge in [-0.3, -0.25) is 9.59 Å². The molecule has 2 heterocycles. The van der Waals surface area contributed by atoms with Crippen LogP contribution in [0.4, 0.5) is 0 Å². The molecule has 2 aliphatic rings. The molecule has 0 aliphatic carbocycles. The van der Waals surface area contributed by atoms with E-state index >= 15 is 0 Å². The highest BCUT2D eigenvalue weighted by Gasteiger charge is 2.44. The van der Waals surface area contributed by atoms with Gasteiger partial charge in [0.25, 0.3) is 11.8 Å². The van der Waals surface area contributed by atoms with Crippen LogP contribution in [0, 0.1) is 6.92 Å². The third kappa shape index (κ3) is 5.48. The second kappa shape index (κ2) is 12.1. The van der Waals surface area contributed by atoms with Crippen molar-refractivity contribution in [2.24, 2.45) is 0 Å². The molecule has 0 bridgehead atoms. The van der Waals surface area contributed by atoms with Crippen LogP contribution >= 0.6 is 23.5 Å². The molecule has 8 heteroatoms. The molecule has 1 fully saturated rings. The third-order valence-corrected chi connectivity index (χ3v) is 8.09. The zero-order chi connectivity index (χ0) is 24.0. The number of fused-ring (bicyclic) bond motifs is 1. The summed E-state index contributed by atoms with van der Waals surface area (Å²) in [5.41, 5.74) is 1.29. The third-order valence-electron chi connectivity index (χ3n) is 5.48. The Hall–Kier alpha value is -1.80. The van der Waals surface area contributed by atoms with Crippen molar-refractivity contribution in [3.8, 4) is 11.5 Å². The van der Waals surface area contributed by atoms with Gasteiger partial charge in [-0.25, -0.2) is 10.0 Å². The predicted octanol–water partition coefficient (Wildman–Crippen LogP) is 6.17. The Morgan fingerprint density at radius 1 is 0.788 bits per heavy atom. The number of ether oxygens (including phenoxy) is 2. The van der Waals surface area contributed by atoms with Crippen molar-refractivity contribution in [2.75, 3.05) is 26.3 Å². The van der Waals surface area contributed by atoms with E-state index in [4.69, 9.17) is 9.47 Å². The summed E-state index contributed by atoms with van der Waals surface area (Å²) in [4.78, 5) is 28.8. The molecule has 0 unspecified atom stereocenters. The van der Waals surface area contributed by atoms with Crippen molar-refractivity contribution in [3.63, 3.8) is 0 Å². The molecule has 1 aromatic rings. The average molecular weight is 493 g/mol. The van der Waals surface area contributed by atoms with E-state index in [-0.39, 0.29) is 17.4 Å². The largest absolute Gasteiger partial charge is 0.492 e. The van der Waals surface area contributed by atoms with Crippen molar-refractivity contribution in [1.82, 2.24) is 10.0 Å². The number of benzene rings is 1. The van der Waals surface area contributed by atoms with E-state index in [0.717, 1.165) is 69.6 Å². The standard InChI is InChI=1S/C25H36N2O4S2/c1-6-10-12-26-23(28)19(24(29)27(26)13-11-7-2)25-32-21-18(30-14-8-3)16-17(5)20(22(21)33-25)31-15-9-4/h16H,6-15H2,1-5H3. The van der Waals surface area contributed by atoms with Gasteiger partial charge in [-0.2, -0.15) is 0 Å². The van der Waals surface area contributed by atoms with Crippen molar-refractivity contribution >= 4 is 35.3 Å². The second-order valence-corrected chi connectivity index (χ2v) is 10.6. The highest BCUT2D eigenvalue weighted by atomic mass is 32.2. The van der Waals surface area contributed by atoms with Crippen LogP contribution in [-0.2, 0) is 9.59 Å². The first-order chi connectivity index (χ1) is 16.0. The van der Waals surface area contributed by atoms with E-state index in [1.807, 2.05) is 13.0 Å². The molecule has 2 amide bonds. The minimum absolute atomic E-state index is 0.184. The molecule has 0 aromatic heterocycles. The van der Waals surface area contributed by atoms with Gasteiger partial charge in [-0.15, -0.1) is 0 Å². The van der Waals surface area contributed by atoms with E-state index in [9.17, 15) is 9.59 Å². The Morgan fingerprint density at radius 2 is 1.33 bits per heavy atom. The normalized spacial score (nSPS) is 15.7. The fourth-order valence-corrected chi connectivity index (χ4v) is 6.48. The number of hydrazine groups is 1. The maximum Gasteiger partial charge on any atom is 0.279 e. The molecule has 2 aliphatic heterocycles. The van der Waals surface area contributed by atoms with E-state index in [1.165, 1.54) is 23.5 Å². The number of unbranched alkanes of at least 4 members (excludes halogenated alkanes) is 2. The number of aryl methyl sites for hydroxylation is 1. The summed E-state index contributed by atoms with van der Waals surface area (Å²) in [5.74, 6) is 1.25. The fraction of sp³-hybridized carbons (Fsp3) is 0.600. The number of nitrogens with zero attached hydrogens (tertiary/aromatic N) is 2. The van der Waals surface area contributed by atoms with Crippen LogP contribution in [0.1, 0.15) is 71.8 Å².